The van der Waals surface area contributed by atoms with Gasteiger partial charge in [-0.1, -0.05) is 0 Å². The zero-order valence-electron chi connectivity index (χ0n) is 9.85. The van der Waals surface area contributed by atoms with Crippen molar-refractivity contribution in [1.82, 2.24) is 9.80 Å². The summed E-state index contributed by atoms with van der Waals surface area (Å²) in [6.07, 6.45) is 0. The first-order valence-electron chi connectivity index (χ1n) is 5.27. The number of likely N-dealkylation sites (N-methyl/N-ethyl adjacent to an activating group) is 2. The Morgan fingerprint density at radius 3 is 2.81 bits per heavy atom. The Kier molecular flexibility index (Phi) is 5.45. The quantitative estimate of drug-likeness (QED) is 0.793. The molecule has 0 saturated carbocycles. The minimum atomic E-state index is 0.127. The van der Waals surface area contributed by atoms with Crippen LogP contribution in [0.2, 0.25) is 0 Å². The first-order chi connectivity index (χ1) is 7.63. The summed E-state index contributed by atoms with van der Waals surface area (Å²) in [4.78, 5) is 15.5. The zero-order valence-corrected chi connectivity index (χ0v) is 10.7. The molecule has 0 radical (unpaired) electrons. The van der Waals surface area contributed by atoms with Crippen LogP contribution in [0, 0.1) is 0 Å². The number of hydrogen-bond acceptors (Lipinski definition) is 4. The number of carbonyl (C=O) groups excluding carboxylic acids is 1. The Morgan fingerprint density at radius 1 is 1.50 bits per heavy atom. The van der Waals surface area contributed by atoms with Crippen molar-refractivity contribution >= 4 is 17.2 Å². The summed E-state index contributed by atoms with van der Waals surface area (Å²) in [7, 11) is 3.74. The van der Waals surface area contributed by atoms with E-state index in [0.717, 1.165) is 6.54 Å². The third kappa shape index (κ3) is 4.30. The van der Waals surface area contributed by atoms with Crippen LogP contribution in [0.4, 0.5) is 0 Å². The van der Waals surface area contributed by atoms with Crippen molar-refractivity contribution in [2.45, 2.75) is 6.54 Å². The Labute approximate surface area is 101 Å². The molecule has 0 aromatic carbocycles. The lowest BCUT2D eigenvalue weighted by Crippen LogP contribution is -2.38. The number of carbonyl (C=O) groups is 1. The molecule has 0 fully saturated rings. The van der Waals surface area contributed by atoms with Gasteiger partial charge in [0.05, 0.1) is 6.54 Å². The van der Waals surface area contributed by atoms with Crippen molar-refractivity contribution < 1.29 is 4.79 Å². The van der Waals surface area contributed by atoms with E-state index in [1.54, 1.807) is 16.2 Å². The van der Waals surface area contributed by atoms with E-state index in [1.165, 1.54) is 5.56 Å². The number of hydrogen-bond donors (Lipinski definition) is 1. The molecule has 2 N–H and O–H groups in total. The van der Waals surface area contributed by atoms with E-state index >= 15 is 0 Å². The van der Waals surface area contributed by atoms with Crippen molar-refractivity contribution in [3.05, 3.63) is 22.4 Å². The zero-order chi connectivity index (χ0) is 12.0. The van der Waals surface area contributed by atoms with Crippen LogP contribution in [0.15, 0.2) is 16.8 Å². The smallest absolute Gasteiger partial charge is 0.236 e. The van der Waals surface area contributed by atoms with Crippen molar-refractivity contribution in [3.63, 3.8) is 0 Å². The van der Waals surface area contributed by atoms with Gasteiger partial charge in [0.25, 0.3) is 0 Å². The van der Waals surface area contributed by atoms with Crippen molar-refractivity contribution in [3.8, 4) is 0 Å². The van der Waals surface area contributed by atoms with Crippen molar-refractivity contribution in [2.75, 3.05) is 33.7 Å². The molecular formula is C11H19N3OS. The van der Waals surface area contributed by atoms with Crippen molar-refractivity contribution in [1.29, 1.82) is 0 Å². The minimum absolute atomic E-state index is 0.127. The van der Waals surface area contributed by atoms with Crippen LogP contribution in [0.3, 0.4) is 0 Å². The summed E-state index contributed by atoms with van der Waals surface area (Å²) in [5.74, 6) is 0.127. The third-order valence-electron chi connectivity index (χ3n) is 2.34. The van der Waals surface area contributed by atoms with E-state index in [4.69, 9.17) is 5.73 Å². The van der Waals surface area contributed by atoms with E-state index in [1.807, 2.05) is 30.4 Å². The lowest BCUT2D eigenvalue weighted by Gasteiger charge is -2.21. The molecule has 0 saturated heterocycles. The summed E-state index contributed by atoms with van der Waals surface area (Å²) < 4.78 is 0. The van der Waals surface area contributed by atoms with Crippen LogP contribution in [-0.4, -0.2) is 49.4 Å². The van der Waals surface area contributed by atoms with Gasteiger partial charge in [-0.25, -0.2) is 0 Å². The fourth-order valence-electron chi connectivity index (χ4n) is 1.40. The second-order valence-electron chi connectivity index (χ2n) is 3.91. The lowest BCUT2D eigenvalue weighted by atomic mass is 10.3. The fraction of sp³-hybridized carbons (Fsp3) is 0.545. The van der Waals surface area contributed by atoms with E-state index < -0.39 is 0 Å². The van der Waals surface area contributed by atoms with E-state index in [9.17, 15) is 4.79 Å². The highest BCUT2D eigenvalue weighted by Crippen LogP contribution is 2.08. The Bertz CT molecular complexity index is 313. The topological polar surface area (TPSA) is 49.6 Å². The minimum Gasteiger partial charge on any atom is -0.340 e. The number of thiophene rings is 1. The van der Waals surface area contributed by atoms with Crippen LogP contribution >= 0.6 is 11.3 Å². The van der Waals surface area contributed by atoms with Gasteiger partial charge in [-0.3, -0.25) is 9.69 Å². The molecule has 0 aliphatic carbocycles. The average molecular weight is 241 g/mol. The molecule has 0 bridgehead atoms. The predicted octanol–water partition coefficient (Wildman–Crippen LogP) is 0.597. The molecule has 0 aliphatic rings. The second kappa shape index (κ2) is 6.62. The molecule has 1 heterocycles. The molecule has 16 heavy (non-hydrogen) atoms. The van der Waals surface area contributed by atoms with E-state index in [2.05, 4.69) is 5.38 Å². The maximum absolute atomic E-state index is 11.8. The van der Waals surface area contributed by atoms with Crippen LogP contribution in [0.25, 0.3) is 0 Å². The maximum Gasteiger partial charge on any atom is 0.236 e. The average Bonchev–Trinajstić information content (AvgIpc) is 2.70. The monoisotopic (exact) mass is 241 g/mol. The van der Waals surface area contributed by atoms with Crippen LogP contribution in [0.1, 0.15) is 5.56 Å². The maximum atomic E-state index is 11.8. The Balaban J connectivity index is 2.36. The van der Waals surface area contributed by atoms with Gasteiger partial charge in [0.1, 0.15) is 0 Å². The molecule has 1 aromatic heterocycles. The van der Waals surface area contributed by atoms with Gasteiger partial charge in [-0.15, -0.1) is 0 Å². The third-order valence-corrected chi connectivity index (χ3v) is 3.07. The Morgan fingerprint density at radius 2 is 2.25 bits per heavy atom. The van der Waals surface area contributed by atoms with Crippen LogP contribution < -0.4 is 5.73 Å². The highest BCUT2D eigenvalue weighted by atomic mass is 32.1. The SMILES string of the molecule is CN(CCN)CC(=O)N(C)Cc1ccsc1. The normalized spacial score (nSPS) is 10.8. The first-order valence-corrected chi connectivity index (χ1v) is 6.21. The Hall–Kier alpha value is -0.910. The van der Waals surface area contributed by atoms with Crippen LogP contribution in [-0.2, 0) is 11.3 Å². The molecule has 90 valence electrons. The van der Waals surface area contributed by atoms with Crippen molar-refractivity contribution in [2.24, 2.45) is 5.73 Å². The molecule has 1 aromatic rings. The van der Waals surface area contributed by atoms with Gasteiger partial charge < -0.3 is 10.6 Å². The summed E-state index contributed by atoms with van der Waals surface area (Å²) >= 11 is 1.65. The van der Waals surface area contributed by atoms with E-state index in [0.29, 0.717) is 19.6 Å². The first kappa shape index (κ1) is 13.2. The largest absolute Gasteiger partial charge is 0.340 e. The fourth-order valence-corrected chi connectivity index (χ4v) is 2.06. The lowest BCUT2D eigenvalue weighted by molar-refractivity contribution is -0.131. The van der Waals surface area contributed by atoms with Gasteiger partial charge in [0, 0.05) is 26.7 Å². The number of nitrogens with zero attached hydrogens (tertiary/aromatic N) is 2. The summed E-state index contributed by atoms with van der Waals surface area (Å²) in [6, 6.07) is 2.04. The highest BCUT2D eigenvalue weighted by molar-refractivity contribution is 7.07. The molecule has 5 heteroatoms. The molecule has 0 atom stereocenters. The van der Waals surface area contributed by atoms with Crippen LogP contribution in [0.5, 0.6) is 0 Å². The van der Waals surface area contributed by atoms with Gasteiger partial charge in [-0.05, 0) is 29.4 Å². The second-order valence-corrected chi connectivity index (χ2v) is 4.69. The van der Waals surface area contributed by atoms with Gasteiger partial charge in [0.2, 0.25) is 5.91 Å². The highest BCUT2D eigenvalue weighted by Gasteiger charge is 2.11. The summed E-state index contributed by atoms with van der Waals surface area (Å²) in [5.41, 5.74) is 6.61. The molecule has 4 nitrogen and oxygen atoms in total. The summed E-state index contributed by atoms with van der Waals surface area (Å²) in [5, 5.41) is 4.08. The molecule has 0 unspecified atom stereocenters. The molecule has 1 amide bonds. The molecule has 0 aliphatic heterocycles. The van der Waals surface area contributed by atoms with Gasteiger partial charge in [0.15, 0.2) is 0 Å². The molecular weight excluding hydrogens is 222 g/mol. The molecule has 1 rings (SSSR count). The van der Waals surface area contributed by atoms with E-state index in [-0.39, 0.29) is 5.91 Å². The van der Waals surface area contributed by atoms with Gasteiger partial charge in [-0.2, -0.15) is 11.3 Å². The standard InChI is InChI=1S/C11H19N3OS/c1-13(5-4-12)8-11(15)14(2)7-10-3-6-16-9-10/h3,6,9H,4-5,7-8,12H2,1-2H3. The summed E-state index contributed by atoms with van der Waals surface area (Å²) in [6.45, 7) is 2.44. The number of rotatable bonds is 6. The molecule has 0 spiro atoms. The number of amides is 1. The predicted molar refractivity (Wildman–Crippen MR) is 67.3 cm³/mol. The number of nitrogens with two attached hydrogens (primary N) is 1. The van der Waals surface area contributed by atoms with Gasteiger partial charge >= 0.3 is 0 Å².